The van der Waals surface area contributed by atoms with Crippen molar-refractivity contribution >= 4 is 0 Å². The zero-order valence-electron chi connectivity index (χ0n) is 10.5. The minimum Gasteiger partial charge on any atom is -0.497 e. The lowest BCUT2D eigenvalue weighted by atomic mass is 9.75. The Kier molecular flexibility index (Phi) is 3.06. The highest BCUT2D eigenvalue weighted by Gasteiger charge is 2.32. The molecular formula is C15H21NO. The molecule has 1 N–H and O–H groups in total. The summed E-state index contributed by atoms with van der Waals surface area (Å²) in [5.74, 6) is 1.72. The van der Waals surface area contributed by atoms with Crippen molar-refractivity contribution in [3.8, 4) is 5.75 Å². The largest absolute Gasteiger partial charge is 0.497 e. The minimum absolute atomic E-state index is 0.762. The first-order chi connectivity index (χ1) is 8.35. The maximum atomic E-state index is 5.18. The molecule has 2 aliphatic carbocycles. The van der Waals surface area contributed by atoms with Gasteiger partial charge in [0.25, 0.3) is 0 Å². The van der Waals surface area contributed by atoms with Crippen molar-refractivity contribution in [2.45, 2.75) is 50.1 Å². The van der Waals surface area contributed by atoms with Crippen LogP contribution in [0, 0.1) is 0 Å². The molecule has 0 saturated heterocycles. The third-order valence-electron chi connectivity index (χ3n) is 4.30. The van der Waals surface area contributed by atoms with E-state index < -0.39 is 0 Å². The molecule has 3 rings (SSSR count). The lowest BCUT2D eigenvalue weighted by molar-refractivity contribution is 0.220. The van der Waals surface area contributed by atoms with Gasteiger partial charge < -0.3 is 10.1 Å². The summed E-state index contributed by atoms with van der Waals surface area (Å²) in [6, 6.07) is 10.2. The van der Waals surface area contributed by atoms with Crippen LogP contribution in [0.4, 0.5) is 0 Å². The number of ether oxygens (including phenoxy) is 1. The summed E-state index contributed by atoms with van der Waals surface area (Å²) in [6.45, 7) is 0. The molecule has 0 aromatic heterocycles. The van der Waals surface area contributed by atoms with Crippen molar-refractivity contribution in [1.82, 2.24) is 5.32 Å². The van der Waals surface area contributed by atoms with E-state index in [-0.39, 0.29) is 0 Å². The molecule has 2 heteroatoms. The summed E-state index contributed by atoms with van der Waals surface area (Å²) >= 11 is 0. The summed E-state index contributed by atoms with van der Waals surface area (Å²) in [6.07, 6.45) is 6.82. The standard InChI is InChI=1S/C15H21NO/c1-17-15-7-5-11(6-8-15)12-9-14(10-12)16-13-3-2-4-13/h5-8,12-14,16H,2-4,9-10H2,1H3. The number of benzene rings is 1. The zero-order chi connectivity index (χ0) is 11.7. The fourth-order valence-corrected chi connectivity index (χ4v) is 2.81. The maximum Gasteiger partial charge on any atom is 0.118 e. The lowest BCUT2D eigenvalue weighted by Gasteiger charge is -2.41. The van der Waals surface area contributed by atoms with Gasteiger partial charge in [0.1, 0.15) is 5.75 Å². The van der Waals surface area contributed by atoms with Gasteiger partial charge in [0.15, 0.2) is 0 Å². The SMILES string of the molecule is COc1ccc(C2CC(NC3CCC3)C2)cc1. The fraction of sp³-hybridized carbons (Fsp3) is 0.600. The van der Waals surface area contributed by atoms with Crippen molar-refractivity contribution in [1.29, 1.82) is 0 Å². The van der Waals surface area contributed by atoms with Crippen molar-refractivity contribution in [2.75, 3.05) is 7.11 Å². The lowest BCUT2D eigenvalue weighted by Crippen LogP contribution is -2.48. The van der Waals surface area contributed by atoms with E-state index >= 15 is 0 Å². The molecular weight excluding hydrogens is 210 g/mol. The first kappa shape index (κ1) is 11.1. The third-order valence-corrected chi connectivity index (χ3v) is 4.30. The van der Waals surface area contributed by atoms with E-state index in [1.165, 1.54) is 37.7 Å². The molecule has 1 aromatic carbocycles. The minimum atomic E-state index is 0.762. The van der Waals surface area contributed by atoms with Gasteiger partial charge in [-0.05, 0) is 49.3 Å². The van der Waals surface area contributed by atoms with Crippen LogP contribution in [0.5, 0.6) is 5.75 Å². The second kappa shape index (κ2) is 4.69. The van der Waals surface area contributed by atoms with E-state index in [2.05, 4.69) is 29.6 Å². The molecule has 2 saturated carbocycles. The Morgan fingerprint density at radius 2 is 1.76 bits per heavy atom. The topological polar surface area (TPSA) is 21.3 Å². The highest BCUT2D eigenvalue weighted by atomic mass is 16.5. The molecule has 92 valence electrons. The van der Waals surface area contributed by atoms with Crippen LogP contribution in [0.1, 0.15) is 43.6 Å². The molecule has 2 aliphatic rings. The number of methoxy groups -OCH3 is 1. The highest BCUT2D eigenvalue weighted by Crippen LogP contribution is 2.38. The molecule has 2 fully saturated rings. The molecule has 0 bridgehead atoms. The number of hydrogen-bond donors (Lipinski definition) is 1. The number of nitrogens with one attached hydrogen (secondary N) is 1. The highest BCUT2D eigenvalue weighted by molar-refractivity contribution is 5.30. The summed E-state index contributed by atoms with van der Waals surface area (Å²) in [5.41, 5.74) is 1.47. The Balaban J connectivity index is 1.50. The first-order valence-electron chi connectivity index (χ1n) is 6.75. The van der Waals surface area contributed by atoms with Gasteiger partial charge in [-0.1, -0.05) is 18.6 Å². The molecule has 1 aromatic rings. The molecule has 0 aliphatic heterocycles. The molecule has 0 amide bonds. The van der Waals surface area contributed by atoms with E-state index in [0.29, 0.717) is 0 Å². The monoisotopic (exact) mass is 231 g/mol. The predicted octanol–water partition coefficient (Wildman–Crippen LogP) is 3.08. The van der Waals surface area contributed by atoms with Gasteiger partial charge in [0, 0.05) is 12.1 Å². The van der Waals surface area contributed by atoms with E-state index in [9.17, 15) is 0 Å². The van der Waals surface area contributed by atoms with Crippen molar-refractivity contribution in [3.05, 3.63) is 29.8 Å². The van der Waals surface area contributed by atoms with Gasteiger partial charge in [0.2, 0.25) is 0 Å². The van der Waals surface area contributed by atoms with Gasteiger partial charge in [0.05, 0.1) is 7.11 Å². The molecule has 17 heavy (non-hydrogen) atoms. The average molecular weight is 231 g/mol. The van der Waals surface area contributed by atoms with Gasteiger partial charge in [-0.25, -0.2) is 0 Å². The molecule has 0 radical (unpaired) electrons. The summed E-state index contributed by atoms with van der Waals surface area (Å²) in [4.78, 5) is 0. The van der Waals surface area contributed by atoms with E-state index in [1.54, 1.807) is 7.11 Å². The summed E-state index contributed by atoms with van der Waals surface area (Å²) < 4.78 is 5.18. The first-order valence-corrected chi connectivity index (χ1v) is 6.75. The fourth-order valence-electron chi connectivity index (χ4n) is 2.81. The molecule has 2 nitrogen and oxygen atoms in total. The Hall–Kier alpha value is -1.02. The van der Waals surface area contributed by atoms with Gasteiger partial charge in [-0.15, -0.1) is 0 Å². The Labute approximate surface area is 103 Å². The Morgan fingerprint density at radius 3 is 2.29 bits per heavy atom. The van der Waals surface area contributed by atoms with Crippen LogP contribution < -0.4 is 10.1 Å². The second-order valence-electron chi connectivity index (χ2n) is 5.43. The van der Waals surface area contributed by atoms with Gasteiger partial charge in [-0.3, -0.25) is 0 Å². The van der Waals surface area contributed by atoms with Crippen LogP contribution in [0.3, 0.4) is 0 Å². The normalized spacial score (nSPS) is 28.3. The molecule has 0 atom stereocenters. The summed E-state index contributed by atoms with van der Waals surface area (Å²) in [5, 5.41) is 3.75. The average Bonchev–Trinajstić information content (AvgIpc) is 2.25. The van der Waals surface area contributed by atoms with Gasteiger partial charge >= 0.3 is 0 Å². The number of rotatable bonds is 4. The van der Waals surface area contributed by atoms with Crippen LogP contribution >= 0.6 is 0 Å². The van der Waals surface area contributed by atoms with Crippen LogP contribution in [0.25, 0.3) is 0 Å². The Bertz CT molecular complexity index is 363. The Morgan fingerprint density at radius 1 is 1.06 bits per heavy atom. The van der Waals surface area contributed by atoms with Crippen LogP contribution in [0.2, 0.25) is 0 Å². The third kappa shape index (κ3) is 2.32. The van der Waals surface area contributed by atoms with Crippen LogP contribution in [0.15, 0.2) is 24.3 Å². The second-order valence-corrected chi connectivity index (χ2v) is 5.43. The van der Waals surface area contributed by atoms with Crippen LogP contribution in [-0.4, -0.2) is 19.2 Å². The van der Waals surface area contributed by atoms with Crippen molar-refractivity contribution in [2.24, 2.45) is 0 Å². The van der Waals surface area contributed by atoms with Crippen molar-refractivity contribution < 1.29 is 4.74 Å². The van der Waals surface area contributed by atoms with Crippen molar-refractivity contribution in [3.63, 3.8) is 0 Å². The molecule has 0 spiro atoms. The predicted molar refractivity (Wildman–Crippen MR) is 69.5 cm³/mol. The van der Waals surface area contributed by atoms with E-state index in [4.69, 9.17) is 4.74 Å². The quantitative estimate of drug-likeness (QED) is 0.859. The van der Waals surface area contributed by atoms with Crippen LogP contribution in [-0.2, 0) is 0 Å². The maximum absolute atomic E-state index is 5.18. The number of hydrogen-bond acceptors (Lipinski definition) is 2. The van der Waals surface area contributed by atoms with E-state index in [1.807, 2.05) is 0 Å². The molecule has 0 heterocycles. The summed E-state index contributed by atoms with van der Waals surface area (Å²) in [7, 11) is 1.72. The molecule has 0 unspecified atom stereocenters. The zero-order valence-corrected chi connectivity index (χ0v) is 10.5. The van der Waals surface area contributed by atoms with Gasteiger partial charge in [-0.2, -0.15) is 0 Å². The smallest absolute Gasteiger partial charge is 0.118 e. The van der Waals surface area contributed by atoms with E-state index in [0.717, 1.165) is 23.8 Å².